The fraction of sp³-hybridized carbons (Fsp3) is 0.667. The van der Waals surface area contributed by atoms with E-state index in [0.717, 1.165) is 30.2 Å². The maximum absolute atomic E-state index is 5.92. The SMILES string of the molecule is NNC(Cc1ccc(Cl)s1)CC1CCCCO1. The van der Waals surface area contributed by atoms with Crippen LogP contribution in [0.2, 0.25) is 4.34 Å². The summed E-state index contributed by atoms with van der Waals surface area (Å²) in [5.41, 5.74) is 2.89. The molecule has 0 radical (unpaired) electrons. The molecule has 2 unspecified atom stereocenters. The Morgan fingerprint density at radius 1 is 1.53 bits per heavy atom. The van der Waals surface area contributed by atoms with Crippen molar-refractivity contribution < 1.29 is 4.74 Å². The summed E-state index contributed by atoms with van der Waals surface area (Å²) in [5.74, 6) is 5.61. The fourth-order valence-corrected chi connectivity index (χ4v) is 3.39. The monoisotopic (exact) mass is 274 g/mol. The Labute approximate surface area is 111 Å². The Kier molecular flexibility index (Phi) is 5.25. The second kappa shape index (κ2) is 6.71. The highest BCUT2D eigenvalue weighted by Gasteiger charge is 2.19. The first kappa shape index (κ1) is 13.3. The Balaban J connectivity index is 1.83. The fourth-order valence-electron chi connectivity index (χ4n) is 2.23. The predicted molar refractivity (Wildman–Crippen MR) is 72.4 cm³/mol. The minimum absolute atomic E-state index is 0.271. The van der Waals surface area contributed by atoms with Gasteiger partial charge < -0.3 is 4.74 Å². The van der Waals surface area contributed by atoms with Crippen LogP contribution >= 0.6 is 22.9 Å². The third-order valence-electron chi connectivity index (χ3n) is 3.13. The third-order valence-corrected chi connectivity index (χ3v) is 4.39. The van der Waals surface area contributed by atoms with Crippen molar-refractivity contribution in [3.05, 3.63) is 21.3 Å². The van der Waals surface area contributed by atoms with Crippen molar-refractivity contribution in [2.75, 3.05) is 6.61 Å². The highest BCUT2D eigenvalue weighted by Crippen LogP contribution is 2.24. The van der Waals surface area contributed by atoms with Gasteiger partial charge in [-0.3, -0.25) is 11.3 Å². The number of nitrogens with one attached hydrogen (secondary N) is 1. The smallest absolute Gasteiger partial charge is 0.0931 e. The number of hydrogen-bond acceptors (Lipinski definition) is 4. The molecule has 2 atom stereocenters. The molecule has 3 N–H and O–H groups in total. The van der Waals surface area contributed by atoms with Crippen molar-refractivity contribution in [3.63, 3.8) is 0 Å². The molecule has 2 heterocycles. The summed E-state index contributed by atoms with van der Waals surface area (Å²) in [5, 5.41) is 0. The van der Waals surface area contributed by atoms with E-state index in [1.54, 1.807) is 11.3 Å². The van der Waals surface area contributed by atoms with Crippen LogP contribution in [0.4, 0.5) is 0 Å². The molecule has 1 saturated heterocycles. The first-order valence-electron chi connectivity index (χ1n) is 6.10. The molecule has 1 fully saturated rings. The second-order valence-corrected chi connectivity index (χ2v) is 6.30. The van der Waals surface area contributed by atoms with Crippen LogP contribution in [0.1, 0.15) is 30.6 Å². The number of hydrazine groups is 1. The average molecular weight is 275 g/mol. The summed E-state index contributed by atoms with van der Waals surface area (Å²) in [7, 11) is 0. The first-order chi connectivity index (χ1) is 8.28. The van der Waals surface area contributed by atoms with Gasteiger partial charge in [-0.2, -0.15) is 0 Å². The Bertz CT molecular complexity index is 339. The molecule has 0 bridgehead atoms. The first-order valence-corrected chi connectivity index (χ1v) is 7.29. The van der Waals surface area contributed by atoms with Crippen molar-refractivity contribution in [3.8, 4) is 0 Å². The van der Waals surface area contributed by atoms with Crippen molar-refractivity contribution >= 4 is 22.9 Å². The molecule has 1 aromatic heterocycles. The van der Waals surface area contributed by atoms with Gasteiger partial charge in [0.15, 0.2) is 0 Å². The molecule has 3 nitrogen and oxygen atoms in total. The van der Waals surface area contributed by atoms with Crippen molar-refractivity contribution in [1.82, 2.24) is 5.43 Å². The maximum Gasteiger partial charge on any atom is 0.0931 e. The molecule has 0 saturated carbocycles. The van der Waals surface area contributed by atoms with Gasteiger partial charge in [0, 0.05) is 17.5 Å². The lowest BCUT2D eigenvalue weighted by molar-refractivity contribution is 0.00528. The predicted octanol–water partition coefficient (Wildman–Crippen LogP) is 2.74. The molecule has 1 aliphatic rings. The lowest BCUT2D eigenvalue weighted by atomic mass is 10.00. The highest BCUT2D eigenvalue weighted by molar-refractivity contribution is 7.16. The van der Waals surface area contributed by atoms with Gasteiger partial charge in [-0.25, -0.2) is 0 Å². The van der Waals surface area contributed by atoms with E-state index in [0.29, 0.717) is 6.10 Å². The summed E-state index contributed by atoms with van der Waals surface area (Å²) in [6.07, 6.45) is 5.88. The molecule has 2 rings (SSSR count). The lowest BCUT2D eigenvalue weighted by Crippen LogP contribution is -2.40. The van der Waals surface area contributed by atoms with E-state index in [9.17, 15) is 0 Å². The van der Waals surface area contributed by atoms with Crippen LogP contribution in [0.15, 0.2) is 12.1 Å². The van der Waals surface area contributed by atoms with Gasteiger partial charge >= 0.3 is 0 Å². The Morgan fingerprint density at radius 2 is 2.41 bits per heavy atom. The molecule has 0 aliphatic carbocycles. The van der Waals surface area contributed by atoms with E-state index in [-0.39, 0.29) is 6.04 Å². The molecule has 0 spiro atoms. The zero-order valence-electron chi connectivity index (χ0n) is 9.82. The molecular weight excluding hydrogens is 256 g/mol. The van der Waals surface area contributed by atoms with Crippen LogP contribution < -0.4 is 11.3 Å². The molecule has 17 heavy (non-hydrogen) atoms. The third kappa shape index (κ3) is 4.23. The zero-order valence-corrected chi connectivity index (χ0v) is 11.4. The number of ether oxygens (including phenoxy) is 1. The molecular formula is C12H19ClN2OS. The van der Waals surface area contributed by atoms with Gasteiger partial charge in [-0.15, -0.1) is 11.3 Å². The van der Waals surface area contributed by atoms with Gasteiger partial charge in [-0.1, -0.05) is 11.6 Å². The lowest BCUT2D eigenvalue weighted by Gasteiger charge is -2.26. The number of halogens is 1. The van der Waals surface area contributed by atoms with Crippen molar-refractivity contribution in [1.29, 1.82) is 0 Å². The van der Waals surface area contributed by atoms with E-state index in [1.807, 2.05) is 6.07 Å². The average Bonchev–Trinajstić information content (AvgIpc) is 2.75. The molecule has 5 heteroatoms. The number of nitrogens with two attached hydrogens (primary N) is 1. The van der Waals surface area contributed by atoms with Crippen LogP contribution in [0.25, 0.3) is 0 Å². The number of thiophene rings is 1. The van der Waals surface area contributed by atoms with Crippen LogP contribution in [-0.2, 0) is 11.2 Å². The van der Waals surface area contributed by atoms with Gasteiger partial charge in [0.25, 0.3) is 0 Å². The van der Waals surface area contributed by atoms with Crippen LogP contribution in [0, 0.1) is 0 Å². The van der Waals surface area contributed by atoms with E-state index < -0.39 is 0 Å². The standard InChI is InChI=1S/C12H19ClN2OS/c13-12-5-4-11(17-12)8-9(15-14)7-10-3-1-2-6-16-10/h4-5,9-10,15H,1-3,6-8,14H2. The quantitative estimate of drug-likeness (QED) is 0.641. The van der Waals surface area contributed by atoms with Gasteiger partial charge in [0.2, 0.25) is 0 Å². The van der Waals surface area contributed by atoms with Crippen LogP contribution in [0.3, 0.4) is 0 Å². The molecule has 0 amide bonds. The molecule has 96 valence electrons. The summed E-state index contributed by atoms with van der Waals surface area (Å²) >= 11 is 7.54. The minimum atomic E-state index is 0.271. The van der Waals surface area contributed by atoms with E-state index in [2.05, 4.69) is 11.5 Å². The van der Waals surface area contributed by atoms with Crippen LogP contribution in [0.5, 0.6) is 0 Å². The van der Waals surface area contributed by atoms with E-state index in [4.69, 9.17) is 22.2 Å². The van der Waals surface area contributed by atoms with E-state index in [1.165, 1.54) is 17.7 Å². The molecule has 1 aliphatic heterocycles. The second-order valence-electron chi connectivity index (χ2n) is 4.50. The summed E-state index contributed by atoms with van der Waals surface area (Å²) in [4.78, 5) is 1.27. The largest absolute Gasteiger partial charge is 0.378 e. The van der Waals surface area contributed by atoms with Gasteiger partial charge in [-0.05, 0) is 44.2 Å². The van der Waals surface area contributed by atoms with Gasteiger partial charge in [0.05, 0.1) is 10.4 Å². The Morgan fingerprint density at radius 3 is 3.00 bits per heavy atom. The van der Waals surface area contributed by atoms with Crippen molar-refractivity contribution in [2.45, 2.75) is 44.2 Å². The van der Waals surface area contributed by atoms with Crippen LogP contribution in [-0.4, -0.2) is 18.8 Å². The summed E-state index contributed by atoms with van der Waals surface area (Å²) < 4.78 is 6.57. The van der Waals surface area contributed by atoms with E-state index >= 15 is 0 Å². The Hall–Kier alpha value is -0.130. The topological polar surface area (TPSA) is 47.3 Å². The number of rotatable bonds is 5. The zero-order chi connectivity index (χ0) is 12.1. The summed E-state index contributed by atoms with van der Waals surface area (Å²) in [6.45, 7) is 0.896. The highest BCUT2D eigenvalue weighted by atomic mass is 35.5. The minimum Gasteiger partial charge on any atom is -0.378 e. The summed E-state index contributed by atoms with van der Waals surface area (Å²) in [6, 6.07) is 4.28. The molecule has 0 aromatic carbocycles. The maximum atomic E-state index is 5.92. The number of hydrogen-bond donors (Lipinski definition) is 2. The molecule has 1 aromatic rings. The van der Waals surface area contributed by atoms with Crippen molar-refractivity contribution in [2.24, 2.45) is 5.84 Å². The normalized spacial score (nSPS) is 22.6. The van der Waals surface area contributed by atoms with Gasteiger partial charge in [0.1, 0.15) is 0 Å².